The van der Waals surface area contributed by atoms with Crippen molar-refractivity contribution < 1.29 is 13.2 Å². The van der Waals surface area contributed by atoms with Crippen molar-refractivity contribution in [1.82, 2.24) is 14.0 Å². The van der Waals surface area contributed by atoms with E-state index in [0.717, 1.165) is 40.5 Å². The zero-order valence-electron chi connectivity index (χ0n) is 16.9. The molecule has 0 spiro atoms. The highest BCUT2D eigenvalue weighted by atomic mass is 32.2. The molecule has 5 rings (SSSR count). The molecule has 6 nitrogen and oxygen atoms in total. The Balaban J connectivity index is 1.08. The van der Waals surface area contributed by atoms with E-state index < -0.39 is 10.0 Å². The molecule has 2 heterocycles. The van der Waals surface area contributed by atoms with Crippen molar-refractivity contribution in [3.05, 3.63) is 66.7 Å². The Bertz CT molecular complexity index is 1310. The van der Waals surface area contributed by atoms with Crippen molar-refractivity contribution in [2.24, 2.45) is 5.92 Å². The minimum atomic E-state index is -3.51. The molecule has 0 atom stereocenters. The number of hydrogen-bond donors (Lipinski definition) is 1. The van der Waals surface area contributed by atoms with Crippen molar-refractivity contribution in [3.8, 4) is 5.88 Å². The number of likely N-dealkylation sites (tertiary alicyclic amines) is 1. The zero-order valence-corrected chi connectivity index (χ0v) is 18.5. The van der Waals surface area contributed by atoms with Gasteiger partial charge in [0.2, 0.25) is 15.9 Å². The van der Waals surface area contributed by atoms with Crippen molar-refractivity contribution in [3.63, 3.8) is 0 Å². The van der Waals surface area contributed by atoms with Crippen LogP contribution in [-0.2, 0) is 10.0 Å². The molecule has 0 aliphatic carbocycles. The van der Waals surface area contributed by atoms with Crippen LogP contribution in [0.15, 0.2) is 71.6 Å². The van der Waals surface area contributed by atoms with Gasteiger partial charge in [0.05, 0.1) is 15.0 Å². The maximum Gasteiger partial charge on any atom is 0.240 e. The molecular weight excluding hydrogens is 430 g/mol. The quantitative estimate of drug-likeness (QED) is 0.440. The second-order valence-corrected chi connectivity index (χ2v) is 10.4. The summed E-state index contributed by atoms with van der Waals surface area (Å²) in [4.78, 5) is 2.58. The molecule has 1 fully saturated rings. The molecule has 1 aliphatic rings. The van der Waals surface area contributed by atoms with Gasteiger partial charge in [-0.2, -0.15) is 4.37 Å². The van der Waals surface area contributed by atoms with Gasteiger partial charge in [0.1, 0.15) is 6.61 Å². The third kappa shape index (κ3) is 4.43. The predicted molar refractivity (Wildman–Crippen MR) is 124 cm³/mol. The highest BCUT2D eigenvalue weighted by Gasteiger charge is 2.28. The Labute approximate surface area is 185 Å². The average Bonchev–Trinajstić information content (AvgIpc) is 3.17. The summed E-state index contributed by atoms with van der Waals surface area (Å²) in [7, 11) is -3.51. The Morgan fingerprint density at radius 2 is 1.81 bits per heavy atom. The lowest BCUT2D eigenvalue weighted by atomic mass is 10.0. The lowest BCUT2D eigenvalue weighted by molar-refractivity contribution is 0.0850. The van der Waals surface area contributed by atoms with E-state index in [2.05, 4.69) is 14.0 Å². The van der Waals surface area contributed by atoms with Gasteiger partial charge >= 0.3 is 0 Å². The lowest BCUT2D eigenvalue weighted by Gasteiger charge is -2.39. The lowest BCUT2D eigenvalue weighted by Crippen LogP contribution is -2.52. The highest BCUT2D eigenvalue weighted by Crippen LogP contribution is 2.28. The average molecular weight is 454 g/mol. The van der Waals surface area contributed by atoms with Gasteiger partial charge in [0.15, 0.2) is 0 Å². The largest absolute Gasteiger partial charge is 0.475 e. The van der Waals surface area contributed by atoms with E-state index in [1.165, 1.54) is 11.5 Å². The van der Waals surface area contributed by atoms with Gasteiger partial charge in [-0.15, -0.1) is 0 Å². The van der Waals surface area contributed by atoms with Crippen LogP contribution in [0.25, 0.3) is 20.9 Å². The van der Waals surface area contributed by atoms with Crippen LogP contribution in [0.2, 0.25) is 0 Å². The normalized spacial score (nSPS) is 15.4. The maximum atomic E-state index is 12.7. The number of aromatic nitrogens is 1. The third-order valence-corrected chi connectivity index (χ3v) is 7.85. The SMILES string of the molecule is O=S(=O)(NCC1CN(CCOc2nsc3ccccc23)C1)c1ccc2ccccc2c1. The summed E-state index contributed by atoms with van der Waals surface area (Å²) in [5, 5.41) is 3.01. The maximum absolute atomic E-state index is 12.7. The molecule has 4 aromatic rings. The van der Waals surface area contributed by atoms with E-state index in [0.29, 0.717) is 29.8 Å². The monoisotopic (exact) mass is 453 g/mol. The van der Waals surface area contributed by atoms with Crippen LogP contribution in [0.3, 0.4) is 0 Å². The first kappa shape index (κ1) is 20.4. The molecule has 0 unspecified atom stereocenters. The van der Waals surface area contributed by atoms with Crippen molar-refractivity contribution in [1.29, 1.82) is 0 Å². The van der Waals surface area contributed by atoms with Gasteiger partial charge in [-0.25, -0.2) is 13.1 Å². The topological polar surface area (TPSA) is 71.5 Å². The first-order valence-electron chi connectivity index (χ1n) is 10.3. The summed E-state index contributed by atoms with van der Waals surface area (Å²) in [6, 6.07) is 21.0. The number of sulfonamides is 1. The first-order chi connectivity index (χ1) is 15.1. The summed E-state index contributed by atoms with van der Waals surface area (Å²) in [6.07, 6.45) is 0. The fourth-order valence-corrected chi connectivity index (χ4v) is 5.75. The van der Waals surface area contributed by atoms with Crippen molar-refractivity contribution in [2.45, 2.75) is 4.90 Å². The smallest absolute Gasteiger partial charge is 0.240 e. The molecule has 1 saturated heterocycles. The molecule has 0 radical (unpaired) electrons. The zero-order chi connectivity index (χ0) is 21.3. The van der Waals surface area contributed by atoms with Crippen LogP contribution < -0.4 is 9.46 Å². The van der Waals surface area contributed by atoms with Gasteiger partial charge in [-0.3, -0.25) is 4.90 Å². The van der Waals surface area contributed by atoms with E-state index in [9.17, 15) is 8.42 Å². The first-order valence-corrected chi connectivity index (χ1v) is 12.5. The fraction of sp³-hybridized carbons (Fsp3) is 0.261. The Hall–Kier alpha value is -2.52. The van der Waals surface area contributed by atoms with E-state index in [1.54, 1.807) is 12.1 Å². The molecule has 1 aliphatic heterocycles. The van der Waals surface area contributed by atoms with E-state index >= 15 is 0 Å². The molecule has 1 N–H and O–H groups in total. The summed E-state index contributed by atoms with van der Waals surface area (Å²) < 4.78 is 39.4. The summed E-state index contributed by atoms with van der Waals surface area (Å²) in [6.45, 7) is 3.55. The Morgan fingerprint density at radius 1 is 1.03 bits per heavy atom. The van der Waals surface area contributed by atoms with Crippen molar-refractivity contribution >= 4 is 42.4 Å². The van der Waals surface area contributed by atoms with E-state index in [4.69, 9.17) is 4.74 Å². The van der Waals surface area contributed by atoms with Gasteiger partial charge in [-0.05, 0) is 52.5 Å². The fourth-order valence-electron chi connectivity index (χ4n) is 3.87. The van der Waals surface area contributed by atoms with Crippen LogP contribution in [0.4, 0.5) is 0 Å². The Kier molecular flexibility index (Phi) is 5.62. The van der Waals surface area contributed by atoms with Crippen LogP contribution in [-0.4, -0.2) is 50.5 Å². The van der Waals surface area contributed by atoms with E-state index in [-0.39, 0.29) is 0 Å². The molecule has 31 heavy (non-hydrogen) atoms. The highest BCUT2D eigenvalue weighted by molar-refractivity contribution is 7.89. The van der Waals surface area contributed by atoms with Crippen molar-refractivity contribution in [2.75, 3.05) is 32.8 Å². The molecule has 0 saturated carbocycles. The van der Waals surface area contributed by atoms with Crippen LogP contribution in [0.5, 0.6) is 5.88 Å². The van der Waals surface area contributed by atoms with E-state index in [1.807, 2.05) is 54.6 Å². The number of fused-ring (bicyclic) bond motifs is 2. The van der Waals surface area contributed by atoms with Gasteiger partial charge in [0.25, 0.3) is 0 Å². The molecule has 0 amide bonds. The molecule has 1 aromatic heterocycles. The minimum absolute atomic E-state index is 0.311. The number of nitrogens with one attached hydrogen (secondary N) is 1. The number of benzene rings is 3. The molecule has 0 bridgehead atoms. The minimum Gasteiger partial charge on any atom is -0.475 e. The Morgan fingerprint density at radius 3 is 2.68 bits per heavy atom. The molecule has 160 valence electrons. The van der Waals surface area contributed by atoms with Crippen LogP contribution >= 0.6 is 11.5 Å². The standard InChI is InChI=1S/C23H23N3O3S2/c27-31(28,20-10-9-18-5-1-2-6-19(18)13-20)24-14-17-15-26(16-17)11-12-29-23-21-7-3-4-8-22(21)30-25-23/h1-10,13,17,24H,11-12,14-16H2. The predicted octanol–water partition coefficient (Wildman–Crippen LogP) is 3.74. The second kappa shape index (κ2) is 8.55. The number of rotatable bonds is 8. The summed E-state index contributed by atoms with van der Waals surface area (Å²) >= 11 is 1.45. The summed E-state index contributed by atoms with van der Waals surface area (Å²) in [5.74, 6) is 1.01. The molecule has 3 aromatic carbocycles. The molecule has 8 heteroatoms. The third-order valence-electron chi connectivity index (χ3n) is 5.62. The number of hydrogen-bond acceptors (Lipinski definition) is 6. The number of nitrogens with zero attached hydrogens (tertiary/aromatic N) is 2. The van der Waals surface area contributed by atoms with Crippen LogP contribution in [0, 0.1) is 5.92 Å². The van der Waals surface area contributed by atoms with Gasteiger partial charge < -0.3 is 4.74 Å². The van der Waals surface area contributed by atoms with Gasteiger partial charge in [0, 0.05) is 26.2 Å². The second-order valence-electron chi connectivity index (χ2n) is 7.82. The van der Waals surface area contributed by atoms with Gasteiger partial charge in [-0.1, -0.05) is 42.5 Å². The van der Waals surface area contributed by atoms with Crippen LogP contribution in [0.1, 0.15) is 0 Å². The summed E-state index contributed by atoms with van der Waals surface area (Å²) in [5.41, 5.74) is 0. The molecular formula is C23H23N3O3S2. The number of ether oxygens (including phenoxy) is 1.